The molecular weight excluding hydrogens is 500 g/mol. The normalized spacial score (nSPS) is 13.2. The quantitative estimate of drug-likeness (QED) is 0.346. The lowest BCUT2D eigenvalue weighted by atomic mass is 9.95. The number of thiophene rings is 1. The molecule has 4 aromatic rings. The van der Waals surface area contributed by atoms with Gasteiger partial charge in [0.15, 0.2) is 5.76 Å². The standard InChI is InChI=1S/C26H24N2O6S2/c1-16-8-10-18(11-9-16)36(31,32)22-13-12-20(34-22)24(29)28-26-23(19-6-2-3-7-21(19)35-26)25(30)27-15-17-5-4-14-33-17/h4-5,8-14H,2-3,6-7,15H2,1H3,(H,27,30)(H,28,29). The van der Waals surface area contributed by atoms with Gasteiger partial charge in [-0.3, -0.25) is 9.59 Å². The van der Waals surface area contributed by atoms with Gasteiger partial charge in [0.2, 0.25) is 14.9 Å². The average molecular weight is 525 g/mol. The number of hydrogen-bond acceptors (Lipinski definition) is 7. The smallest absolute Gasteiger partial charge is 0.292 e. The summed E-state index contributed by atoms with van der Waals surface area (Å²) in [6, 6.07) is 12.5. The molecule has 0 spiro atoms. The number of furan rings is 2. The maximum atomic E-state index is 13.1. The zero-order valence-electron chi connectivity index (χ0n) is 19.5. The van der Waals surface area contributed by atoms with E-state index < -0.39 is 15.7 Å². The molecular formula is C26H24N2O6S2. The summed E-state index contributed by atoms with van der Waals surface area (Å²) in [5.74, 6) is -0.466. The van der Waals surface area contributed by atoms with Crippen LogP contribution in [0.3, 0.4) is 0 Å². The lowest BCUT2D eigenvalue weighted by Crippen LogP contribution is -2.25. The van der Waals surface area contributed by atoms with Crippen LogP contribution in [0.25, 0.3) is 0 Å². The molecule has 1 aliphatic carbocycles. The minimum absolute atomic E-state index is 0.0795. The Balaban J connectivity index is 1.38. The molecule has 5 rings (SSSR count). The number of carbonyl (C=O) groups excluding carboxylic acids is 2. The largest absolute Gasteiger partial charge is 0.467 e. The van der Waals surface area contributed by atoms with Crippen molar-refractivity contribution in [2.24, 2.45) is 0 Å². The molecule has 0 aliphatic heterocycles. The molecule has 0 saturated carbocycles. The predicted octanol–water partition coefficient (Wildman–Crippen LogP) is 5.14. The van der Waals surface area contributed by atoms with Gasteiger partial charge in [-0.05, 0) is 74.6 Å². The van der Waals surface area contributed by atoms with E-state index >= 15 is 0 Å². The Morgan fingerprint density at radius 2 is 1.78 bits per heavy atom. The first kappa shape index (κ1) is 24.1. The molecule has 0 saturated heterocycles. The predicted molar refractivity (Wildman–Crippen MR) is 134 cm³/mol. The number of aryl methyl sites for hydroxylation is 2. The van der Waals surface area contributed by atoms with Crippen LogP contribution in [0.5, 0.6) is 0 Å². The van der Waals surface area contributed by atoms with E-state index in [0.29, 0.717) is 16.3 Å². The van der Waals surface area contributed by atoms with Crippen LogP contribution in [0, 0.1) is 6.92 Å². The fourth-order valence-electron chi connectivity index (χ4n) is 4.15. The van der Waals surface area contributed by atoms with E-state index in [2.05, 4.69) is 10.6 Å². The van der Waals surface area contributed by atoms with Crippen LogP contribution in [0.15, 0.2) is 73.6 Å². The minimum Gasteiger partial charge on any atom is -0.467 e. The maximum Gasteiger partial charge on any atom is 0.292 e. The summed E-state index contributed by atoms with van der Waals surface area (Å²) in [6.45, 7) is 2.09. The van der Waals surface area contributed by atoms with Crippen LogP contribution in [0.4, 0.5) is 5.00 Å². The van der Waals surface area contributed by atoms with E-state index in [9.17, 15) is 18.0 Å². The summed E-state index contributed by atoms with van der Waals surface area (Å²) >= 11 is 1.37. The van der Waals surface area contributed by atoms with Gasteiger partial charge in [-0.1, -0.05) is 17.7 Å². The van der Waals surface area contributed by atoms with Crippen LogP contribution in [-0.2, 0) is 29.2 Å². The number of fused-ring (bicyclic) bond motifs is 1. The summed E-state index contributed by atoms with van der Waals surface area (Å²) in [6.07, 6.45) is 5.12. The third kappa shape index (κ3) is 4.74. The molecule has 3 heterocycles. The molecule has 3 aromatic heterocycles. The summed E-state index contributed by atoms with van der Waals surface area (Å²) in [5, 5.41) is 5.73. The zero-order chi connectivity index (χ0) is 25.3. The Hall–Kier alpha value is -3.63. The highest BCUT2D eigenvalue weighted by Gasteiger charge is 2.28. The second kappa shape index (κ2) is 9.79. The van der Waals surface area contributed by atoms with Gasteiger partial charge in [-0.25, -0.2) is 8.42 Å². The van der Waals surface area contributed by atoms with Crippen LogP contribution in [0.1, 0.15) is 55.5 Å². The van der Waals surface area contributed by atoms with E-state index in [1.807, 2.05) is 6.92 Å². The highest BCUT2D eigenvalue weighted by molar-refractivity contribution is 7.91. The van der Waals surface area contributed by atoms with Crippen molar-refractivity contribution in [1.82, 2.24) is 5.32 Å². The van der Waals surface area contributed by atoms with Crippen molar-refractivity contribution >= 4 is 38.0 Å². The van der Waals surface area contributed by atoms with Gasteiger partial charge >= 0.3 is 0 Å². The Bertz CT molecular complexity index is 1510. The number of amides is 2. The van der Waals surface area contributed by atoms with Crippen molar-refractivity contribution in [3.8, 4) is 0 Å². The zero-order valence-corrected chi connectivity index (χ0v) is 21.1. The Morgan fingerprint density at radius 3 is 2.53 bits per heavy atom. The van der Waals surface area contributed by atoms with E-state index in [0.717, 1.165) is 41.7 Å². The Labute approximate surface area is 212 Å². The lowest BCUT2D eigenvalue weighted by molar-refractivity contribution is 0.0948. The van der Waals surface area contributed by atoms with Crippen molar-refractivity contribution in [1.29, 1.82) is 0 Å². The fraction of sp³-hybridized carbons (Fsp3) is 0.231. The number of nitrogens with one attached hydrogen (secondary N) is 2. The summed E-state index contributed by atoms with van der Waals surface area (Å²) in [4.78, 5) is 27.3. The first-order chi connectivity index (χ1) is 17.3. The van der Waals surface area contributed by atoms with E-state index in [-0.39, 0.29) is 28.2 Å². The molecule has 0 radical (unpaired) electrons. The number of hydrogen-bond donors (Lipinski definition) is 2. The second-order valence-electron chi connectivity index (χ2n) is 8.57. The van der Waals surface area contributed by atoms with E-state index in [1.165, 1.54) is 41.9 Å². The lowest BCUT2D eigenvalue weighted by Gasteiger charge is -2.13. The maximum absolute atomic E-state index is 13.1. The third-order valence-electron chi connectivity index (χ3n) is 6.03. The monoisotopic (exact) mass is 524 g/mol. The van der Waals surface area contributed by atoms with Gasteiger partial charge in [0.1, 0.15) is 10.8 Å². The highest BCUT2D eigenvalue weighted by atomic mass is 32.2. The van der Waals surface area contributed by atoms with Crippen LogP contribution < -0.4 is 10.6 Å². The van der Waals surface area contributed by atoms with Gasteiger partial charge in [0.05, 0.1) is 23.3 Å². The number of sulfone groups is 1. The second-order valence-corrected chi connectivity index (χ2v) is 11.6. The molecule has 2 amide bonds. The third-order valence-corrected chi connectivity index (χ3v) is 8.88. The summed E-state index contributed by atoms with van der Waals surface area (Å²) in [5.41, 5.74) is 2.31. The molecule has 1 aliphatic rings. The SMILES string of the molecule is Cc1ccc(S(=O)(=O)c2ccc(C(=O)Nc3sc4c(c3C(=O)NCc3ccco3)CCCC4)o2)cc1. The van der Waals surface area contributed by atoms with Gasteiger partial charge in [0, 0.05) is 4.88 Å². The summed E-state index contributed by atoms with van der Waals surface area (Å²) < 4.78 is 36.5. The molecule has 8 nitrogen and oxygen atoms in total. The van der Waals surface area contributed by atoms with E-state index in [1.54, 1.807) is 24.3 Å². The van der Waals surface area contributed by atoms with Crippen molar-refractivity contribution in [2.45, 2.75) is 49.1 Å². The topological polar surface area (TPSA) is 119 Å². The van der Waals surface area contributed by atoms with Gasteiger partial charge < -0.3 is 19.5 Å². The van der Waals surface area contributed by atoms with E-state index in [4.69, 9.17) is 8.83 Å². The minimum atomic E-state index is -3.91. The van der Waals surface area contributed by atoms with Gasteiger partial charge in [0.25, 0.3) is 11.8 Å². The highest BCUT2D eigenvalue weighted by Crippen LogP contribution is 2.38. The van der Waals surface area contributed by atoms with Gasteiger partial charge in [-0.2, -0.15) is 0 Å². The number of carbonyl (C=O) groups is 2. The van der Waals surface area contributed by atoms with Gasteiger partial charge in [-0.15, -0.1) is 11.3 Å². The van der Waals surface area contributed by atoms with Crippen LogP contribution in [-0.4, -0.2) is 20.2 Å². The number of rotatable bonds is 7. The molecule has 0 atom stereocenters. The van der Waals surface area contributed by atoms with Crippen LogP contribution in [0.2, 0.25) is 0 Å². The van der Waals surface area contributed by atoms with Crippen molar-refractivity contribution in [3.63, 3.8) is 0 Å². The first-order valence-corrected chi connectivity index (χ1v) is 13.8. The molecule has 36 heavy (non-hydrogen) atoms. The van der Waals surface area contributed by atoms with Crippen molar-refractivity contribution in [3.05, 3.63) is 87.9 Å². The molecule has 0 bridgehead atoms. The summed E-state index contributed by atoms with van der Waals surface area (Å²) in [7, 11) is -3.91. The van der Waals surface area contributed by atoms with Crippen LogP contribution >= 0.6 is 11.3 Å². The molecule has 10 heteroatoms. The number of anilines is 1. The molecule has 0 fully saturated rings. The first-order valence-electron chi connectivity index (χ1n) is 11.5. The Kier molecular flexibility index (Phi) is 6.55. The average Bonchev–Trinajstić information content (AvgIpc) is 3.63. The molecule has 2 N–H and O–H groups in total. The molecule has 1 aromatic carbocycles. The fourth-order valence-corrected chi connectivity index (χ4v) is 6.60. The Morgan fingerprint density at radius 1 is 1.00 bits per heavy atom. The molecule has 0 unspecified atom stereocenters. The number of benzene rings is 1. The van der Waals surface area contributed by atoms with Crippen molar-refractivity contribution < 1.29 is 26.8 Å². The van der Waals surface area contributed by atoms with Crippen molar-refractivity contribution in [2.75, 3.05) is 5.32 Å². The molecule has 186 valence electrons.